The lowest BCUT2D eigenvalue weighted by molar-refractivity contribution is -0.132. The van der Waals surface area contributed by atoms with Gasteiger partial charge in [-0.1, -0.05) is 26.8 Å². The number of carbonyl (C=O) groups excluding carboxylic acids is 2. The molecular formula is C17H25N3O2. The van der Waals surface area contributed by atoms with Gasteiger partial charge in [0.05, 0.1) is 0 Å². The molecule has 0 aromatic heterocycles. The van der Waals surface area contributed by atoms with Gasteiger partial charge in [0.15, 0.2) is 0 Å². The second-order valence-electron chi connectivity index (χ2n) is 6.88. The van der Waals surface area contributed by atoms with Crippen molar-refractivity contribution >= 4 is 23.2 Å². The maximum absolute atomic E-state index is 12.7. The second-order valence-corrected chi connectivity index (χ2v) is 6.88. The van der Waals surface area contributed by atoms with Crippen LogP contribution in [-0.4, -0.2) is 24.4 Å². The van der Waals surface area contributed by atoms with Crippen molar-refractivity contribution in [3.63, 3.8) is 0 Å². The first kappa shape index (κ1) is 16.3. The van der Waals surface area contributed by atoms with Crippen LogP contribution in [0.15, 0.2) is 18.2 Å². The highest BCUT2D eigenvalue weighted by Gasteiger charge is 2.30. The molecule has 1 unspecified atom stereocenters. The Hall–Kier alpha value is -2.04. The van der Waals surface area contributed by atoms with E-state index >= 15 is 0 Å². The topological polar surface area (TPSA) is 75.4 Å². The zero-order valence-electron chi connectivity index (χ0n) is 13.8. The highest BCUT2D eigenvalue weighted by molar-refractivity contribution is 6.00. The first-order valence-corrected chi connectivity index (χ1v) is 7.71. The molecule has 0 spiro atoms. The van der Waals surface area contributed by atoms with Crippen LogP contribution in [-0.2, 0) is 16.0 Å². The van der Waals surface area contributed by atoms with Crippen molar-refractivity contribution in [2.24, 2.45) is 5.41 Å². The molecule has 1 aromatic carbocycles. The number of fused-ring (bicyclic) bond motifs is 1. The summed E-state index contributed by atoms with van der Waals surface area (Å²) in [6, 6.07) is 5.08. The summed E-state index contributed by atoms with van der Waals surface area (Å²) < 4.78 is 0. The molecule has 0 aliphatic carbocycles. The monoisotopic (exact) mass is 303 g/mol. The Labute approximate surface area is 131 Å². The predicted molar refractivity (Wildman–Crippen MR) is 88.6 cm³/mol. The summed E-state index contributed by atoms with van der Waals surface area (Å²) >= 11 is 0. The number of carbonyl (C=O) groups is 2. The third kappa shape index (κ3) is 3.24. The van der Waals surface area contributed by atoms with Gasteiger partial charge in [0.25, 0.3) is 0 Å². The van der Waals surface area contributed by atoms with Crippen molar-refractivity contribution in [1.29, 1.82) is 0 Å². The SMILES string of the molecule is CC(NC(=O)C(C)(C)C)C(=O)N1CCCc2c(N)cccc21. The van der Waals surface area contributed by atoms with E-state index in [0.29, 0.717) is 6.54 Å². The van der Waals surface area contributed by atoms with E-state index < -0.39 is 11.5 Å². The molecule has 1 atom stereocenters. The largest absolute Gasteiger partial charge is 0.398 e. The molecule has 2 amide bonds. The van der Waals surface area contributed by atoms with Gasteiger partial charge in [-0.2, -0.15) is 0 Å². The third-order valence-corrected chi connectivity index (χ3v) is 3.95. The molecule has 1 aromatic rings. The van der Waals surface area contributed by atoms with Gasteiger partial charge in [0.2, 0.25) is 11.8 Å². The van der Waals surface area contributed by atoms with Crippen molar-refractivity contribution in [2.75, 3.05) is 17.2 Å². The van der Waals surface area contributed by atoms with Gasteiger partial charge in [-0.05, 0) is 37.5 Å². The molecule has 1 aliphatic rings. The van der Waals surface area contributed by atoms with Crippen LogP contribution in [0.2, 0.25) is 0 Å². The summed E-state index contributed by atoms with van der Waals surface area (Å²) in [7, 11) is 0. The van der Waals surface area contributed by atoms with Gasteiger partial charge in [-0.15, -0.1) is 0 Å². The average Bonchev–Trinajstić information content (AvgIpc) is 2.45. The van der Waals surface area contributed by atoms with Gasteiger partial charge >= 0.3 is 0 Å². The van der Waals surface area contributed by atoms with E-state index in [2.05, 4.69) is 5.32 Å². The molecule has 0 radical (unpaired) electrons. The standard InChI is InChI=1S/C17H25N3O2/c1-11(19-16(22)17(2,3)4)15(21)20-10-6-7-12-13(18)8-5-9-14(12)20/h5,8-9,11H,6-7,10,18H2,1-4H3,(H,19,22). The average molecular weight is 303 g/mol. The number of nitrogens with one attached hydrogen (secondary N) is 1. The second kappa shape index (κ2) is 5.99. The highest BCUT2D eigenvalue weighted by atomic mass is 16.2. The quantitative estimate of drug-likeness (QED) is 0.822. The summed E-state index contributed by atoms with van der Waals surface area (Å²) in [6.07, 6.45) is 1.77. The van der Waals surface area contributed by atoms with Gasteiger partial charge in [0, 0.05) is 23.3 Å². The summed E-state index contributed by atoms with van der Waals surface area (Å²) in [5, 5.41) is 2.80. The Kier molecular flexibility index (Phi) is 4.44. The molecule has 22 heavy (non-hydrogen) atoms. The number of nitrogens with two attached hydrogens (primary N) is 1. The molecule has 5 nitrogen and oxygen atoms in total. The fraction of sp³-hybridized carbons (Fsp3) is 0.529. The summed E-state index contributed by atoms with van der Waals surface area (Å²) in [4.78, 5) is 26.5. The third-order valence-electron chi connectivity index (χ3n) is 3.95. The minimum Gasteiger partial charge on any atom is -0.398 e. The fourth-order valence-electron chi connectivity index (χ4n) is 2.59. The van der Waals surface area contributed by atoms with E-state index in [0.717, 1.165) is 29.8 Å². The summed E-state index contributed by atoms with van der Waals surface area (Å²) in [6.45, 7) is 7.88. The molecule has 0 saturated carbocycles. The van der Waals surface area contributed by atoms with Gasteiger partial charge in [-0.25, -0.2) is 0 Å². The molecule has 0 fully saturated rings. The summed E-state index contributed by atoms with van der Waals surface area (Å²) in [5.74, 6) is -0.220. The molecule has 1 aliphatic heterocycles. The number of amides is 2. The van der Waals surface area contributed by atoms with Crippen LogP contribution in [0.3, 0.4) is 0 Å². The molecule has 3 N–H and O–H groups in total. The maximum atomic E-state index is 12.7. The van der Waals surface area contributed by atoms with E-state index in [-0.39, 0.29) is 11.8 Å². The molecular weight excluding hydrogens is 278 g/mol. The summed E-state index contributed by atoms with van der Waals surface area (Å²) in [5.41, 5.74) is 8.11. The van der Waals surface area contributed by atoms with Crippen LogP contribution in [0.4, 0.5) is 11.4 Å². The minimum absolute atomic E-state index is 0.0934. The molecule has 120 valence electrons. The Bertz CT molecular complexity index is 590. The molecule has 2 rings (SSSR count). The van der Waals surface area contributed by atoms with Crippen molar-refractivity contribution in [3.05, 3.63) is 23.8 Å². The van der Waals surface area contributed by atoms with E-state index in [9.17, 15) is 9.59 Å². The van der Waals surface area contributed by atoms with Crippen molar-refractivity contribution < 1.29 is 9.59 Å². The van der Waals surface area contributed by atoms with Crippen LogP contribution in [0.1, 0.15) is 39.7 Å². The van der Waals surface area contributed by atoms with E-state index in [1.807, 2.05) is 39.0 Å². The van der Waals surface area contributed by atoms with Crippen LogP contribution in [0.25, 0.3) is 0 Å². The Morgan fingerprint density at radius 2 is 2.00 bits per heavy atom. The molecule has 5 heteroatoms. The molecule has 0 saturated heterocycles. The Morgan fingerprint density at radius 3 is 2.64 bits per heavy atom. The van der Waals surface area contributed by atoms with Gasteiger partial charge in [0.1, 0.15) is 6.04 Å². The zero-order valence-corrected chi connectivity index (χ0v) is 13.8. The normalized spacial score (nSPS) is 15.9. The van der Waals surface area contributed by atoms with Gasteiger partial charge in [-0.3, -0.25) is 9.59 Å². The molecule has 0 bridgehead atoms. The Balaban J connectivity index is 2.18. The number of benzene rings is 1. The highest BCUT2D eigenvalue weighted by Crippen LogP contribution is 2.31. The lowest BCUT2D eigenvalue weighted by Gasteiger charge is -2.33. The zero-order chi connectivity index (χ0) is 16.5. The predicted octanol–water partition coefficient (Wildman–Crippen LogP) is 2.10. The van der Waals surface area contributed by atoms with Crippen molar-refractivity contribution in [1.82, 2.24) is 5.32 Å². The van der Waals surface area contributed by atoms with Crippen LogP contribution < -0.4 is 16.0 Å². The van der Waals surface area contributed by atoms with E-state index in [1.54, 1.807) is 11.8 Å². The van der Waals surface area contributed by atoms with Crippen molar-refractivity contribution in [2.45, 2.75) is 46.6 Å². The first-order chi connectivity index (χ1) is 10.2. The molecule has 1 heterocycles. The van der Waals surface area contributed by atoms with Crippen LogP contribution >= 0.6 is 0 Å². The number of anilines is 2. The van der Waals surface area contributed by atoms with Gasteiger partial charge < -0.3 is 16.0 Å². The lowest BCUT2D eigenvalue weighted by Crippen LogP contribution is -2.51. The number of nitrogens with zero attached hydrogens (tertiary/aromatic N) is 1. The fourth-order valence-corrected chi connectivity index (χ4v) is 2.59. The van der Waals surface area contributed by atoms with Crippen LogP contribution in [0.5, 0.6) is 0 Å². The van der Waals surface area contributed by atoms with E-state index in [4.69, 9.17) is 5.73 Å². The smallest absolute Gasteiger partial charge is 0.249 e. The van der Waals surface area contributed by atoms with Crippen molar-refractivity contribution in [3.8, 4) is 0 Å². The number of hydrogen-bond acceptors (Lipinski definition) is 3. The van der Waals surface area contributed by atoms with E-state index in [1.165, 1.54) is 0 Å². The Morgan fingerprint density at radius 1 is 1.32 bits per heavy atom. The first-order valence-electron chi connectivity index (χ1n) is 7.71. The number of nitrogen functional groups attached to an aromatic ring is 1. The number of rotatable bonds is 2. The maximum Gasteiger partial charge on any atom is 0.249 e. The minimum atomic E-state index is -0.556. The lowest BCUT2D eigenvalue weighted by atomic mass is 9.95. The van der Waals surface area contributed by atoms with Crippen LogP contribution in [0, 0.1) is 5.41 Å². The number of hydrogen-bond donors (Lipinski definition) is 2.